The van der Waals surface area contributed by atoms with Crippen LogP contribution in [0.25, 0.3) is 0 Å². The highest BCUT2D eigenvalue weighted by atomic mass is 32.2. The van der Waals surface area contributed by atoms with Crippen molar-refractivity contribution >= 4 is 17.7 Å². The van der Waals surface area contributed by atoms with Crippen LogP contribution in [-0.4, -0.2) is 26.2 Å². The van der Waals surface area contributed by atoms with E-state index >= 15 is 0 Å². The van der Waals surface area contributed by atoms with Crippen LogP contribution in [0, 0.1) is 0 Å². The van der Waals surface area contributed by atoms with Gasteiger partial charge in [-0.1, -0.05) is 42.5 Å². The number of benzene rings is 2. The molecule has 2 rings (SSSR count). The average Bonchev–Trinajstić information content (AvgIpc) is 2.56. The molecule has 2 aromatic carbocycles. The quantitative estimate of drug-likeness (QED) is 0.758. The van der Waals surface area contributed by atoms with Gasteiger partial charge < -0.3 is 10.1 Å². The van der Waals surface area contributed by atoms with Crippen LogP contribution in [0.15, 0.2) is 54.6 Å². The second kappa shape index (κ2) is 9.28. The minimum Gasteiger partial charge on any atom is -0.383 e. The highest BCUT2D eigenvalue weighted by Gasteiger charge is 2.04. The number of hydrogen-bond donors (Lipinski definition) is 1. The summed E-state index contributed by atoms with van der Waals surface area (Å²) in [5.74, 6) is 1.89. The van der Waals surface area contributed by atoms with Gasteiger partial charge in [0, 0.05) is 30.7 Å². The zero-order valence-electron chi connectivity index (χ0n) is 12.7. The van der Waals surface area contributed by atoms with Crippen LogP contribution < -0.4 is 5.32 Å². The molecule has 0 unspecified atom stereocenters. The molecular weight excluding hydrogens is 294 g/mol. The highest BCUT2D eigenvalue weighted by Crippen LogP contribution is 2.18. The minimum absolute atomic E-state index is 0.0551. The number of ether oxygens (including phenoxy) is 1. The fourth-order valence-corrected chi connectivity index (χ4v) is 2.94. The Balaban J connectivity index is 1.78. The summed E-state index contributed by atoms with van der Waals surface area (Å²) in [6.07, 6.45) is 0. The summed E-state index contributed by atoms with van der Waals surface area (Å²) in [6, 6.07) is 18.2. The Morgan fingerprint density at radius 3 is 2.27 bits per heavy atom. The van der Waals surface area contributed by atoms with Crippen LogP contribution in [0.5, 0.6) is 0 Å². The third kappa shape index (κ3) is 5.54. The van der Waals surface area contributed by atoms with E-state index in [4.69, 9.17) is 4.74 Å². The normalized spacial score (nSPS) is 10.4. The Morgan fingerprint density at radius 1 is 1.00 bits per heavy atom. The molecule has 0 atom stereocenters. The summed E-state index contributed by atoms with van der Waals surface area (Å²) >= 11 is 1.87. The first-order valence-electron chi connectivity index (χ1n) is 7.27. The molecule has 22 heavy (non-hydrogen) atoms. The van der Waals surface area contributed by atoms with Crippen molar-refractivity contribution in [2.24, 2.45) is 0 Å². The first-order chi connectivity index (χ1) is 10.8. The fraction of sp³-hybridized carbons (Fsp3) is 0.278. The summed E-state index contributed by atoms with van der Waals surface area (Å²) < 4.78 is 4.91. The van der Waals surface area contributed by atoms with Crippen LogP contribution in [0.3, 0.4) is 0 Å². The number of rotatable bonds is 8. The summed E-state index contributed by atoms with van der Waals surface area (Å²) in [6.45, 7) is 1.06. The summed E-state index contributed by atoms with van der Waals surface area (Å²) in [5, 5.41) is 2.81. The van der Waals surface area contributed by atoms with Crippen molar-refractivity contribution in [3.8, 4) is 0 Å². The molecule has 0 aromatic heterocycles. The number of nitrogens with one attached hydrogen (secondary N) is 1. The minimum atomic E-state index is -0.0551. The van der Waals surface area contributed by atoms with Crippen molar-refractivity contribution in [2.75, 3.05) is 20.3 Å². The second-order valence-corrected chi connectivity index (χ2v) is 5.91. The smallest absolute Gasteiger partial charge is 0.251 e. The maximum atomic E-state index is 11.9. The number of thioether (sulfide) groups is 1. The molecular formula is C18H21NO2S. The van der Waals surface area contributed by atoms with Crippen LogP contribution in [0.2, 0.25) is 0 Å². The molecule has 0 saturated heterocycles. The lowest BCUT2D eigenvalue weighted by Crippen LogP contribution is -2.26. The highest BCUT2D eigenvalue weighted by molar-refractivity contribution is 7.97. The van der Waals surface area contributed by atoms with Gasteiger partial charge in [0.2, 0.25) is 0 Å². The Labute approximate surface area is 136 Å². The predicted molar refractivity (Wildman–Crippen MR) is 92.1 cm³/mol. The second-order valence-electron chi connectivity index (χ2n) is 4.92. The zero-order chi connectivity index (χ0) is 15.6. The van der Waals surface area contributed by atoms with Gasteiger partial charge >= 0.3 is 0 Å². The lowest BCUT2D eigenvalue weighted by Gasteiger charge is -2.06. The van der Waals surface area contributed by atoms with Gasteiger partial charge in [-0.25, -0.2) is 0 Å². The molecule has 0 radical (unpaired) electrons. The van der Waals surface area contributed by atoms with E-state index in [1.54, 1.807) is 7.11 Å². The number of amides is 1. The molecule has 4 heteroatoms. The van der Waals surface area contributed by atoms with E-state index < -0.39 is 0 Å². The van der Waals surface area contributed by atoms with Crippen molar-refractivity contribution in [3.05, 3.63) is 71.3 Å². The largest absolute Gasteiger partial charge is 0.383 e. The van der Waals surface area contributed by atoms with Crippen LogP contribution in [-0.2, 0) is 16.2 Å². The summed E-state index contributed by atoms with van der Waals surface area (Å²) in [7, 11) is 1.62. The van der Waals surface area contributed by atoms with E-state index in [0.717, 1.165) is 11.5 Å². The Hall–Kier alpha value is -1.78. The van der Waals surface area contributed by atoms with E-state index in [-0.39, 0.29) is 5.91 Å². The topological polar surface area (TPSA) is 38.3 Å². The Morgan fingerprint density at radius 2 is 1.64 bits per heavy atom. The third-order valence-corrected chi connectivity index (χ3v) is 4.26. The van der Waals surface area contributed by atoms with Crippen molar-refractivity contribution in [1.82, 2.24) is 5.32 Å². The molecule has 0 spiro atoms. The number of hydrogen-bond acceptors (Lipinski definition) is 3. The van der Waals surface area contributed by atoms with Gasteiger partial charge in [0.05, 0.1) is 6.61 Å². The maximum Gasteiger partial charge on any atom is 0.251 e. The Bertz CT molecular complexity index is 569. The van der Waals surface area contributed by atoms with Crippen molar-refractivity contribution < 1.29 is 9.53 Å². The SMILES string of the molecule is COCCNC(=O)c1ccc(CSCc2ccccc2)cc1. The molecule has 0 aliphatic heterocycles. The fourth-order valence-electron chi connectivity index (χ4n) is 1.98. The molecule has 2 aromatic rings. The van der Waals surface area contributed by atoms with Crippen LogP contribution >= 0.6 is 11.8 Å². The molecule has 3 nitrogen and oxygen atoms in total. The molecule has 0 fully saturated rings. The predicted octanol–water partition coefficient (Wildman–Crippen LogP) is 3.50. The average molecular weight is 315 g/mol. The van der Waals surface area contributed by atoms with Gasteiger partial charge in [-0.15, -0.1) is 0 Å². The standard InChI is InChI=1S/C18H21NO2S/c1-21-12-11-19-18(20)17-9-7-16(8-10-17)14-22-13-15-5-3-2-4-6-15/h2-10H,11-14H2,1H3,(H,19,20). The van der Waals surface area contributed by atoms with E-state index in [9.17, 15) is 4.79 Å². The van der Waals surface area contributed by atoms with Gasteiger partial charge in [-0.05, 0) is 23.3 Å². The number of carbonyl (C=O) groups is 1. The van der Waals surface area contributed by atoms with Gasteiger partial charge in [-0.2, -0.15) is 11.8 Å². The molecule has 1 N–H and O–H groups in total. The maximum absolute atomic E-state index is 11.9. The first-order valence-corrected chi connectivity index (χ1v) is 8.43. The van der Waals surface area contributed by atoms with Gasteiger partial charge in [0.25, 0.3) is 5.91 Å². The monoisotopic (exact) mass is 315 g/mol. The molecule has 0 bridgehead atoms. The summed E-state index contributed by atoms with van der Waals surface area (Å²) in [4.78, 5) is 11.9. The number of methoxy groups -OCH3 is 1. The first kappa shape index (κ1) is 16.6. The van der Waals surface area contributed by atoms with E-state index in [0.29, 0.717) is 18.7 Å². The molecule has 0 saturated carbocycles. The lowest BCUT2D eigenvalue weighted by molar-refractivity contribution is 0.0937. The van der Waals surface area contributed by atoms with Crippen LogP contribution in [0.4, 0.5) is 0 Å². The van der Waals surface area contributed by atoms with E-state index in [1.165, 1.54) is 11.1 Å². The van der Waals surface area contributed by atoms with Crippen LogP contribution in [0.1, 0.15) is 21.5 Å². The molecule has 1 amide bonds. The summed E-state index contributed by atoms with van der Waals surface area (Å²) in [5.41, 5.74) is 3.25. The van der Waals surface area contributed by atoms with E-state index in [2.05, 4.69) is 29.6 Å². The Kier molecular flexibility index (Phi) is 7.00. The van der Waals surface area contributed by atoms with E-state index in [1.807, 2.05) is 42.1 Å². The van der Waals surface area contributed by atoms with Gasteiger partial charge in [-0.3, -0.25) is 4.79 Å². The number of carbonyl (C=O) groups excluding carboxylic acids is 1. The van der Waals surface area contributed by atoms with Crippen molar-refractivity contribution in [1.29, 1.82) is 0 Å². The lowest BCUT2D eigenvalue weighted by atomic mass is 10.1. The molecule has 0 heterocycles. The molecule has 0 aliphatic carbocycles. The third-order valence-electron chi connectivity index (χ3n) is 3.19. The molecule has 0 aliphatic rings. The van der Waals surface area contributed by atoms with Gasteiger partial charge in [0.1, 0.15) is 0 Å². The van der Waals surface area contributed by atoms with Crippen molar-refractivity contribution in [3.63, 3.8) is 0 Å². The van der Waals surface area contributed by atoms with Gasteiger partial charge in [0.15, 0.2) is 0 Å². The zero-order valence-corrected chi connectivity index (χ0v) is 13.6. The van der Waals surface area contributed by atoms with Crippen molar-refractivity contribution in [2.45, 2.75) is 11.5 Å². The molecule has 116 valence electrons.